The van der Waals surface area contributed by atoms with Gasteiger partial charge in [0.1, 0.15) is 5.82 Å². The van der Waals surface area contributed by atoms with Crippen molar-refractivity contribution in [1.82, 2.24) is 4.98 Å². The lowest BCUT2D eigenvalue weighted by molar-refractivity contribution is 0.435. The summed E-state index contributed by atoms with van der Waals surface area (Å²) in [7, 11) is 0. The van der Waals surface area contributed by atoms with Crippen LogP contribution in [0.25, 0.3) is 0 Å². The summed E-state index contributed by atoms with van der Waals surface area (Å²) in [4.78, 5) is 6.51. The number of hydrogen-bond donors (Lipinski definition) is 1. The largest absolute Gasteiger partial charge is 0.384 e. The van der Waals surface area contributed by atoms with Crippen molar-refractivity contribution in [2.24, 2.45) is 5.92 Å². The number of aromatic nitrogens is 1. The SMILES string of the molecule is CCCC1CCCN(c2ccnc(N)c2)CC1. The minimum absolute atomic E-state index is 0.622. The molecule has 1 atom stereocenters. The highest BCUT2D eigenvalue weighted by molar-refractivity contribution is 5.52. The molecule has 2 rings (SSSR count). The lowest BCUT2D eigenvalue weighted by Crippen LogP contribution is -2.24. The fraction of sp³-hybridized carbons (Fsp3) is 0.643. The molecule has 2 heterocycles. The smallest absolute Gasteiger partial charge is 0.125 e. The van der Waals surface area contributed by atoms with E-state index >= 15 is 0 Å². The van der Waals surface area contributed by atoms with Crippen LogP contribution in [-0.4, -0.2) is 18.1 Å². The van der Waals surface area contributed by atoms with Crippen molar-refractivity contribution in [3.63, 3.8) is 0 Å². The topological polar surface area (TPSA) is 42.2 Å². The maximum Gasteiger partial charge on any atom is 0.125 e. The molecule has 0 radical (unpaired) electrons. The summed E-state index contributed by atoms with van der Waals surface area (Å²) in [6, 6.07) is 4.05. The number of nitrogens with zero attached hydrogens (tertiary/aromatic N) is 2. The van der Waals surface area contributed by atoms with Gasteiger partial charge < -0.3 is 10.6 Å². The zero-order valence-corrected chi connectivity index (χ0v) is 10.7. The third-order valence-electron chi connectivity index (χ3n) is 3.67. The average molecular weight is 233 g/mol. The highest BCUT2D eigenvalue weighted by Crippen LogP contribution is 2.25. The number of anilines is 2. The van der Waals surface area contributed by atoms with Crippen LogP contribution >= 0.6 is 0 Å². The minimum atomic E-state index is 0.622. The van der Waals surface area contributed by atoms with Gasteiger partial charge in [-0.2, -0.15) is 0 Å². The van der Waals surface area contributed by atoms with E-state index in [1.165, 1.54) is 37.8 Å². The van der Waals surface area contributed by atoms with Crippen LogP contribution in [0.15, 0.2) is 18.3 Å². The van der Waals surface area contributed by atoms with Gasteiger partial charge in [-0.1, -0.05) is 19.8 Å². The third kappa shape index (κ3) is 3.35. The second-order valence-corrected chi connectivity index (χ2v) is 5.01. The van der Waals surface area contributed by atoms with Crippen LogP contribution < -0.4 is 10.6 Å². The van der Waals surface area contributed by atoms with Crippen molar-refractivity contribution in [1.29, 1.82) is 0 Å². The van der Waals surface area contributed by atoms with Crippen molar-refractivity contribution in [2.45, 2.75) is 39.0 Å². The van der Waals surface area contributed by atoms with Crippen LogP contribution in [0.3, 0.4) is 0 Å². The van der Waals surface area contributed by atoms with Crippen LogP contribution in [0.2, 0.25) is 0 Å². The van der Waals surface area contributed by atoms with E-state index < -0.39 is 0 Å². The van der Waals surface area contributed by atoms with Gasteiger partial charge in [-0.05, 0) is 31.2 Å². The summed E-state index contributed by atoms with van der Waals surface area (Å²) in [5.74, 6) is 1.54. The Labute approximate surface area is 104 Å². The van der Waals surface area contributed by atoms with E-state index in [0.717, 1.165) is 19.0 Å². The summed E-state index contributed by atoms with van der Waals surface area (Å²) in [6.07, 6.45) is 8.49. The number of pyridine rings is 1. The van der Waals surface area contributed by atoms with Crippen LogP contribution in [-0.2, 0) is 0 Å². The van der Waals surface area contributed by atoms with E-state index in [1.807, 2.05) is 6.07 Å². The van der Waals surface area contributed by atoms with Crippen LogP contribution in [0.5, 0.6) is 0 Å². The first-order chi connectivity index (χ1) is 8.29. The molecule has 1 saturated heterocycles. The summed E-state index contributed by atoms with van der Waals surface area (Å²) in [5.41, 5.74) is 6.97. The minimum Gasteiger partial charge on any atom is -0.384 e. The highest BCUT2D eigenvalue weighted by Gasteiger charge is 2.16. The van der Waals surface area contributed by atoms with Crippen LogP contribution in [0.1, 0.15) is 39.0 Å². The molecule has 0 amide bonds. The van der Waals surface area contributed by atoms with Gasteiger partial charge in [0.15, 0.2) is 0 Å². The van der Waals surface area contributed by atoms with E-state index in [2.05, 4.69) is 22.9 Å². The fourth-order valence-electron chi connectivity index (χ4n) is 2.75. The van der Waals surface area contributed by atoms with Gasteiger partial charge in [-0.3, -0.25) is 0 Å². The predicted molar refractivity (Wildman–Crippen MR) is 73.1 cm³/mol. The van der Waals surface area contributed by atoms with Gasteiger partial charge in [0, 0.05) is 31.0 Å². The Hall–Kier alpha value is -1.25. The molecule has 0 bridgehead atoms. The first kappa shape index (κ1) is 12.2. The first-order valence-corrected chi connectivity index (χ1v) is 6.76. The lowest BCUT2D eigenvalue weighted by atomic mass is 9.96. The number of rotatable bonds is 3. The molecular formula is C14H23N3. The Morgan fingerprint density at radius 1 is 1.41 bits per heavy atom. The Kier molecular flexibility index (Phi) is 4.24. The van der Waals surface area contributed by atoms with E-state index in [4.69, 9.17) is 5.73 Å². The Balaban J connectivity index is 1.99. The van der Waals surface area contributed by atoms with Gasteiger partial charge in [0.2, 0.25) is 0 Å². The van der Waals surface area contributed by atoms with Gasteiger partial charge in [0.25, 0.3) is 0 Å². The number of nitrogens with two attached hydrogens (primary N) is 1. The Bertz CT molecular complexity index is 351. The third-order valence-corrected chi connectivity index (χ3v) is 3.67. The van der Waals surface area contributed by atoms with Crippen molar-refractivity contribution in [2.75, 3.05) is 23.7 Å². The second kappa shape index (κ2) is 5.89. The molecule has 3 heteroatoms. The fourth-order valence-corrected chi connectivity index (χ4v) is 2.75. The number of nitrogen functional groups attached to an aromatic ring is 1. The molecule has 2 N–H and O–H groups in total. The monoisotopic (exact) mass is 233 g/mol. The Morgan fingerprint density at radius 2 is 2.29 bits per heavy atom. The molecule has 1 aliphatic heterocycles. The summed E-state index contributed by atoms with van der Waals surface area (Å²) in [6.45, 7) is 4.60. The molecule has 3 nitrogen and oxygen atoms in total. The molecule has 1 aliphatic rings. The quantitative estimate of drug-likeness (QED) is 0.872. The highest BCUT2D eigenvalue weighted by atomic mass is 15.1. The van der Waals surface area contributed by atoms with Gasteiger partial charge in [-0.25, -0.2) is 4.98 Å². The molecule has 94 valence electrons. The maximum absolute atomic E-state index is 5.74. The molecule has 1 unspecified atom stereocenters. The van der Waals surface area contributed by atoms with Gasteiger partial charge in [0.05, 0.1) is 0 Å². The summed E-state index contributed by atoms with van der Waals surface area (Å²) >= 11 is 0. The molecule has 1 aromatic heterocycles. The average Bonchev–Trinajstić information content (AvgIpc) is 2.55. The molecule has 0 aliphatic carbocycles. The standard InChI is InChI=1S/C14H23N3/c1-2-4-12-5-3-9-17(10-7-12)13-6-8-16-14(15)11-13/h6,8,11-12H,2-5,7,9-10H2,1H3,(H2,15,16). The molecule has 1 fully saturated rings. The first-order valence-electron chi connectivity index (χ1n) is 6.76. The van der Waals surface area contributed by atoms with E-state index in [1.54, 1.807) is 6.20 Å². The normalized spacial score (nSPS) is 21.2. The Morgan fingerprint density at radius 3 is 3.06 bits per heavy atom. The van der Waals surface area contributed by atoms with E-state index in [0.29, 0.717) is 5.82 Å². The molecule has 0 aromatic carbocycles. The number of hydrogen-bond acceptors (Lipinski definition) is 3. The zero-order valence-electron chi connectivity index (χ0n) is 10.7. The molecule has 17 heavy (non-hydrogen) atoms. The summed E-state index contributed by atoms with van der Waals surface area (Å²) in [5, 5.41) is 0. The van der Waals surface area contributed by atoms with Crippen molar-refractivity contribution in [3.05, 3.63) is 18.3 Å². The van der Waals surface area contributed by atoms with Gasteiger partial charge >= 0.3 is 0 Å². The van der Waals surface area contributed by atoms with Crippen molar-refractivity contribution in [3.8, 4) is 0 Å². The molecule has 0 spiro atoms. The van der Waals surface area contributed by atoms with Crippen LogP contribution in [0, 0.1) is 5.92 Å². The molecule has 0 saturated carbocycles. The second-order valence-electron chi connectivity index (χ2n) is 5.01. The van der Waals surface area contributed by atoms with Crippen molar-refractivity contribution < 1.29 is 0 Å². The van der Waals surface area contributed by atoms with Crippen molar-refractivity contribution >= 4 is 11.5 Å². The zero-order chi connectivity index (χ0) is 12.1. The molecule has 1 aromatic rings. The predicted octanol–water partition coefficient (Wildman–Crippen LogP) is 3.07. The lowest BCUT2D eigenvalue weighted by Gasteiger charge is -2.23. The van der Waals surface area contributed by atoms with E-state index in [9.17, 15) is 0 Å². The summed E-state index contributed by atoms with van der Waals surface area (Å²) < 4.78 is 0. The van der Waals surface area contributed by atoms with E-state index in [-0.39, 0.29) is 0 Å². The van der Waals surface area contributed by atoms with Crippen LogP contribution in [0.4, 0.5) is 11.5 Å². The van der Waals surface area contributed by atoms with Gasteiger partial charge in [-0.15, -0.1) is 0 Å². The maximum atomic E-state index is 5.74. The molecular weight excluding hydrogens is 210 g/mol.